The highest BCUT2D eigenvalue weighted by molar-refractivity contribution is 5.87. The first kappa shape index (κ1) is 19.0. The average Bonchev–Trinajstić information content (AvgIpc) is 2.97. The minimum absolute atomic E-state index is 0.175. The van der Waals surface area contributed by atoms with Crippen molar-refractivity contribution in [1.82, 2.24) is 4.90 Å². The van der Waals surface area contributed by atoms with E-state index in [1.807, 2.05) is 51.1 Å². The van der Waals surface area contributed by atoms with Crippen LogP contribution in [0.1, 0.15) is 45.6 Å². The molecule has 0 aromatic heterocycles. The summed E-state index contributed by atoms with van der Waals surface area (Å²) in [6.45, 7) is 9.85. The summed E-state index contributed by atoms with van der Waals surface area (Å²) in [5.41, 5.74) is -0.738. The number of carbonyl (C=O) groups is 2. The van der Waals surface area contributed by atoms with E-state index in [-0.39, 0.29) is 6.61 Å². The van der Waals surface area contributed by atoms with Crippen LogP contribution in [0.2, 0.25) is 0 Å². The first-order valence-electron chi connectivity index (χ1n) is 8.61. The molecular weight excluding hydrogens is 318 g/mol. The van der Waals surface area contributed by atoms with E-state index in [2.05, 4.69) is 6.58 Å². The molecule has 0 bridgehead atoms. The van der Waals surface area contributed by atoms with Crippen LogP contribution in [0.5, 0.6) is 0 Å². The van der Waals surface area contributed by atoms with Gasteiger partial charge >= 0.3 is 12.1 Å². The molecule has 1 aromatic carbocycles. The zero-order chi connectivity index (χ0) is 18.5. The van der Waals surface area contributed by atoms with Gasteiger partial charge in [-0.25, -0.2) is 9.59 Å². The number of likely N-dealkylation sites (tertiary alicyclic amines) is 1. The fraction of sp³-hybridized carbons (Fsp3) is 0.500. The lowest BCUT2D eigenvalue weighted by atomic mass is 9.92. The van der Waals surface area contributed by atoms with Crippen LogP contribution in [-0.2, 0) is 20.9 Å². The van der Waals surface area contributed by atoms with Gasteiger partial charge in [0, 0.05) is 6.54 Å². The van der Waals surface area contributed by atoms with Gasteiger partial charge in [0.05, 0.1) is 0 Å². The Bertz CT molecular complexity index is 620. The van der Waals surface area contributed by atoms with Crippen LogP contribution < -0.4 is 0 Å². The van der Waals surface area contributed by atoms with Crippen LogP contribution in [-0.4, -0.2) is 34.6 Å². The zero-order valence-electron chi connectivity index (χ0n) is 15.3. The normalized spacial score (nSPS) is 20.2. The van der Waals surface area contributed by atoms with Crippen molar-refractivity contribution in [3.05, 3.63) is 48.6 Å². The first-order valence-corrected chi connectivity index (χ1v) is 8.61. The van der Waals surface area contributed by atoms with Crippen molar-refractivity contribution in [3.63, 3.8) is 0 Å². The number of ether oxygens (including phenoxy) is 2. The molecule has 0 saturated carbocycles. The maximum Gasteiger partial charge on any atom is 0.411 e. The van der Waals surface area contributed by atoms with E-state index in [0.717, 1.165) is 12.0 Å². The second-order valence-electron chi connectivity index (χ2n) is 7.32. The zero-order valence-corrected chi connectivity index (χ0v) is 15.3. The Morgan fingerprint density at radius 3 is 2.56 bits per heavy atom. The average molecular weight is 345 g/mol. The molecule has 1 amide bonds. The van der Waals surface area contributed by atoms with Gasteiger partial charge < -0.3 is 9.47 Å². The maximum atomic E-state index is 12.8. The van der Waals surface area contributed by atoms with Gasteiger partial charge in [-0.1, -0.05) is 36.4 Å². The van der Waals surface area contributed by atoms with Gasteiger partial charge in [-0.15, -0.1) is 6.58 Å². The Morgan fingerprint density at radius 1 is 1.28 bits per heavy atom. The highest BCUT2D eigenvalue weighted by Crippen LogP contribution is 2.36. The topological polar surface area (TPSA) is 55.8 Å². The predicted molar refractivity (Wildman–Crippen MR) is 96.0 cm³/mol. The molecule has 0 spiro atoms. The number of hydrogen-bond acceptors (Lipinski definition) is 4. The maximum absolute atomic E-state index is 12.8. The first-order chi connectivity index (χ1) is 11.8. The van der Waals surface area contributed by atoms with E-state index in [0.29, 0.717) is 19.4 Å². The van der Waals surface area contributed by atoms with E-state index in [9.17, 15) is 9.59 Å². The smallest absolute Gasteiger partial charge is 0.411 e. The van der Waals surface area contributed by atoms with Gasteiger partial charge in [-0.3, -0.25) is 4.90 Å². The van der Waals surface area contributed by atoms with Crippen molar-refractivity contribution in [1.29, 1.82) is 0 Å². The van der Waals surface area contributed by atoms with E-state index in [1.165, 1.54) is 4.90 Å². The fourth-order valence-corrected chi connectivity index (χ4v) is 3.06. The number of amides is 1. The van der Waals surface area contributed by atoms with E-state index < -0.39 is 23.2 Å². The lowest BCUT2D eigenvalue weighted by Crippen LogP contribution is -2.55. The molecule has 2 rings (SSSR count). The third-order valence-electron chi connectivity index (χ3n) is 4.18. The van der Waals surface area contributed by atoms with Crippen molar-refractivity contribution < 1.29 is 19.1 Å². The van der Waals surface area contributed by atoms with Crippen molar-refractivity contribution in [2.75, 3.05) is 6.54 Å². The van der Waals surface area contributed by atoms with Gasteiger partial charge in [-0.05, 0) is 45.6 Å². The summed E-state index contributed by atoms with van der Waals surface area (Å²) in [6, 6.07) is 9.47. The second kappa shape index (κ2) is 7.72. The van der Waals surface area contributed by atoms with E-state index in [1.54, 1.807) is 6.08 Å². The minimum atomic E-state index is -1.02. The van der Waals surface area contributed by atoms with Crippen LogP contribution >= 0.6 is 0 Å². The largest absolute Gasteiger partial charge is 0.458 e. The number of benzene rings is 1. The Labute approximate surface area is 149 Å². The Morgan fingerprint density at radius 2 is 1.96 bits per heavy atom. The monoisotopic (exact) mass is 345 g/mol. The summed E-state index contributed by atoms with van der Waals surface area (Å²) >= 11 is 0. The summed E-state index contributed by atoms with van der Waals surface area (Å²) in [7, 11) is 0. The Balaban J connectivity index is 2.14. The third kappa shape index (κ3) is 4.62. The number of esters is 1. The third-order valence-corrected chi connectivity index (χ3v) is 4.18. The van der Waals surface area contributed by atoms with Crippen LogP contribution in [0.15, 0.2) is 43.0 Å². The van der Waals surface area contributed by atoms with Crippen molar-refractivity contribution >= 4 is 12.1 Å². The molecule has 5 heteroatoms. The summed E-state index contributed by atoms with van der Waals surface area (Å²) in [4.78, 5) is 27.0. The highest BCUT2D eigenvalue weighted by atomic mass is 16.6. The lowest BCUT2D eigenvalue weighted by molar-refractivity contribution is -0.167. The van der Waals surface area contributed by atoms with Crippen molar-refractivity contribution in [2.24, 2.45) is 0 Å². The van der Waals surface area contributed by atoms with Crippen LogP contribution in [0.4, 0.5) is 4.79 Å². The molecule has 1 aromatic rings. The van der Waals surface area contributed by atoms with Crippen molar-refractivity contribution in [2.45, 2.75) is 57.8 Å². The standard InChI is InChI=1S/C20H27NO4/c1-5-12-20(17(22)25-19(2,3)4)13-9-14-21(20)18(23)24-15-16-10-7-6-8-11-16/h5-8,10-11H,1,9,12-15H2,2-4H3/t20-/m0/s1. The molecule has 0 N–H and O–H groups in total. The lowest BCUT2D eigenvalue weighted by Gasteiger charge is -2.37. The van der Waals surface area contributed by atoms with E-state index in [4.69, 9.17) is 9.47 Å². The van der Waals surface area contributed by atoms with Gasteiger partial charge in [0.25, 0.3) is 0 Å². The molecule has 0 aliphatic carbocycles. The van der Waals surface area contributed by atoms with Gasteiger partial charge in [0.1, 0.15) is 17.7 Å². The van der Waals surface area contributed by atoms with Crippen molar-refractivity contribution in [3.8, 4) is 0 Å². The summed E-state index contributed by atoms with van der Waals surface area (Å²) in [5.74, 6) is -0.394. The Kier molecular flexibility index (Phi) is 5.88. The number of hydrogen-bond donors (Lipinski definition) is 0. The SMILES string of the molecule is C=CC[C@@]1(C(=O)OC(C)(C)C)CCCN1C(=O)OCc1ccccc1. The van der Waals surface area contributed by atoms with Gasteiger partial charge in [0.2, 0.25) is 0 Å². The van der Waals surface area contributed by atoms with Gasteiger partial charge in [-0.2, -0.15) is 0 Å². The minimum Gasteiger partial charge on any atom is -0.458 e. The molecule has 1 aliphatic rings. The van der Waals surface area contributed by atoms with E-state index >= 15 is 0 Å². The summed E-state index contributed by atoms with van der Waals surface area (Å²) in [6.07, 6.45) is 2.80. The molecule has 0 radical (unpaired) electrons. The molecule has 136 valence electrons. The number of rotatable bonds is 5. The molecule has 1 saturated heterocycles. The van der Waals surface area contributed by atoms with Crippen LogP contribution in [0.25, 0.3) is 0 Å². The molecule has 0 unspecified atom stereocenters. The molecule has 1 aliphatic heterocycles. The van der Waals surface area contributed by atoms with Gasteiger partial charge in [0.15, 0.2) is 0 Å². The molecule has 1 fully saturated rings. The van der Waals surface area contributed by atoms with Crippen LogP contribution in [0.3, 0.4) is 0 Å². The fourth-order valence-electron chi connectivity index (χ4n) is 3.06. The predicted octanol–water partition coefficient (Wildman–Crippen LogP) is 4.08. The molecular formula is C20H27NO4. The molecule has 1 atom stereocenters. The highest BCUT2D eigenvalue weighted by Gasteiger charge is 2.51. The quantitative estimate of drug-likeness (QED) is 0.596. The summed E-state index contributed by atoms with van der Waals surface area (Å²) < 4.78 is 11.0. The molecule has 1 heterocycles. The summed E-state index contributed by atoms with van der Waals surface area (Å²) in [5, 5.41) is 0. The Hall–Kier alpha value is -2.30. The number of carbonyl (C=O) groups excluding carboxylic acids is 2. The molecule has 25 heavy (non-hydrogen) atoms. The molecule has 5 nitrogen and oxygen atoms in total. The van der Waals surface area contributed by atoms with Crippen LogP contribution in [0, 0.1) is 0 Å². The second-order valence-corrected chi connectivity index (χ2v) is 7.32. The number of nitrogens with zero attached hydrogens (tertiary/aromatic N) is 1.